The van der Waals surface area contributed by atoms with Gasteiger partial charge < -0.3 is 0 Å². The summed E-state index contributed by atoms with van der Waals surface area (Å²) in [4.78, 5) is 0. The van der Waals surface area contributed by atoms with Crippen LogP contribution in [0.5, 0.6) is 0 Å². The third-order valence-electron chi connectivity index (χ3n) is 1.98. The van der Waals surface area contributed by atoms with Crippen molar-refractivity contribution in [1.29, 1.82) is 0 Å². The fraction of sp³-hybridized carbons (Fsp3) is 1.00. The fourth-order valence-corrected chi connectivity index (χ4v) is 2.49. The van der Waals surface area contributed by atoms with E-state index in [-0.39, 0.29) is 5.25 Å². The second kappa shape index (κ2) is 2.51. The number of sulfonamides is 1. The quantitative estimate of drug-likeness (QED) is 0.592. The Labute approximate surface area is 62.1 Å². The lowest BCUT2D eigenvalue weighted by Gasteiger charge is -2.27. The Hall–Kier alpha value is -0.0900. The van der Waals surface area contributed by atoms with E-state index in [9.17, 15) is 8.42 Å². The van der Waals surface area contributed by atoms with Gasteiger partial charge in [0.1, 0.15) is 0 Å². The Morgan fingerprint density at radius 3 is 1.90 bits per heavy atom. The number of nitrogens with zero attached hydrogens (tertiary/aromatic N) is 1. The molecule has 0 radical (unpaired) electrons. The first kappa shape index (κ1) is 8.01. The first-order valence-corrected chi connectivity index (χ1v) is 4.97. The Bertz CT molecular complexity index is 204. The first-order valence-electron chi connectivity index (χ1n) is 3.46. The van der Waals surface area contributed by atoms with Crippen molar-refractivity contribution in [2.45, 2.75) is 24.5 Å². The van der Waals surface area contributed by atoms with E-state index in [4.69, 9.17) is 0 Å². The molecule has 0 heterocycles. The summed E-state index contributed by atoms with van der Waals surface area (Å²) in [5.41, 5.74) is 0. The monoisotopic (exact) mass is 163 g/mol. The standard InChI is InChI=1S/C6H13NO2S/c1-7(2)10(8,9)6-4-3-5-6/h6H,3-5H2,1-2H3. The molecule has 0 N–H and O–H groups in total. The van der Waals surface area contributed by atoms with Crippen LogP contribution in [0.15, 0.2) is 0 Å². The van der Waals surface area contributed by atoms with Gasteiger partial charge in [0.2, 0.25) is 10.0 Å². The maximum absolute atomic E-state index is 11.2. The molecule has 10 heavy (non-hydrogen) atoms. The SMILES string of the molecule is CN(C)S(=O)(=O)C1CCC1. The van der Waals surface area contributed by atoms with E-state index in [2.05, 4.69) is 0 Å². The molecule has 0 amide bonds. The highest BCUT2D eigenvalue weighted by Gasteiger charge is 2.32. The van der Waals surface area contributed by atoms with E-state index in [1.165, 1.54) is 4.31 Å². The maximum atomic E-state index is 11.2. The van der Waals surface area contributed by atoms with Gasteiger partial charge in [-0.1, -0.05) is 6.42 Å². The summed E-state index contributed by atoms with van der Waals surface area (Å²) in [6.45, 7) is 0. The molecule has 0 saturated heterocycles. The molecule has 1 fully saturated rings. The molecule has 0 unspecified atom stereocenters. The van der Waals surface area contributed by atoms with Crippen LogP contribution in [0, 0.1) is 0 Å². The smallest absolute Gasteiger partial charge is 0.212 e. The molecular formula is C6H13NO2S. The summed E-state index contributed by atoms with van der Waals surface area (Å²) in [6, 6.07) is 0. The van der Waals surface area contributed by atoms with Gasteiger partial charge in [0.25, 0.3) is 0 Å². The van der Waals surface area contributed by atoms with Gasteiger partial charge >= 0.3 is 0 Å². The van der Waals surface area contributed by atoms with E-state index in [1.807, 2.05) is 0 Å². The Morgan fingerprint density at radius 1 is 1.30 bits per heavy atom. The molecule has 1 aliphatic carbocycles. The lowest BCUT2D eigenvalue weighted by molar-refractivity contribution is 0.439. The largest absolute Gasteiger partial charge is 0.216 e. The summed E-state index contributed by atoms with van der Waals surface area (Å²) in [5, 5.41) is -0.0810. The molecule has 1 rings (SSSR count). The number of hydrogen-bond acceptors (Lipinski definition) is 2. The fourth-order valence-electron chi connectivity index (χ4n) is 0.967. The van der Waals surface area contributed by atoms with Gasteiger partial charge in [0.05, 0.1) is 5.25 Å². The zero-order valence-electron chi connectivity index (χ0n) is 6.37. The van der Waals surface area contributed by atoms with E-state index >= 15 is 0 Å². The summed E-state index contributed by atoms with van der Waals surface area (Å²) < 4.78 is 23.8. The van der Waals surface area contributed by atoms with E-state index in [0.29, 0.717) is 0 Å². The summed E-state index contributed by atoms with van der Waals surface area (Å²) in [5.74, 6) is 0. The molecule has 4 heteroatoms. The molecule has 0 spiro atoms. The van der Waals surface area contributed by atoms with Crippen molar-refractivity contribution < 1.29 is 8.42 Å². The van der Waals surface area contributed by atoms with Crippen molar-refractivity contribution in [3.63, 3.8) is 0 Å². The van der Waals surface area contributed by atoms with Crippen molar-refractivity contribution >= 4 is 10.0 Å². The van der Waals surface area contributed by atoms with Gasteiger partial charge in [-0.2, -0.15) is 0 Å². The molecule has 0 aliphatic heterocycles. The van der Waals surface area contributed by atoms with Gasteiger partial charge in [-0.05, 0) is 12.8 Å². The Kier molecular flexibility index (Phi) is 2.01. The summed E-state index contributed by atoms with van der Waals surface area (Å²) in [6.07, 6.45) is 2.76. The van der Waals surface area contributed by atoms with Gasteiger partial charge in [0.15, 0.2) is 0 Å². The zero-order valence-corrected chi connectivity index (χ0v) is 7.19. The zero-order chi connectivity index (χ0) is 7.78. The van der Waals surface area contributed by atoms with Crippen molar-refractivity contribution in [2.75, 3.05) is 14.1 Å². The topological polar surface area (TPSA) is 37.4 Å². The molecular weight excluding hydrogens is 150 g/mol. The molecule has 0 aromatic heterocycles. The number of hydrogen-bond donors (Lipinski definition) is 0. The van der Waals surface area contributed by atoms with E-state index in [0.717, 1.165) is 19.3 Å². The average molecular weight is 163 g/mol. The second-order valence-electron chi connectivity index (χ2n) is 2.88. The first-order chi connectivity index (χ1) is 4.55. The number of rotatable bonds is 2. The third-order valence-corrected chi connectivity index (χ3v) is 4.31. The van der Waals surface area contributed by atoms with Crippen LogP contribution >= 0.6 is 0 Å². The van der Waals surface area contributed by atoms with Crippen LogP contribution in [0.4, 0.5) is 0 Å². The molecule has 0 aromatic rings. The third kappa shape index (κ3) is 1.18. The van der Waals surface area contributed by atoms with Crippen molar-refractivity contribution in [3.05, 3.63) is 0 Å². The van der Waals surface area contributed by atoms with Crippen LogP contribution in [0.1, 0.15) is 19.3 Å². The van der Waals surface area contributed by atoms with Crippen molar-refractivity contribution in [3.8, 4) is 0 Å². The minimum atomic E-state index is -2.91. The lowest BCUT2D eigenvalue weighted by Crippen LogP contribution is -2.37. The van der Waals surface area contributed by atoms with Crippen LogP contribution in [0.2, 0.25) is 0 Å². The highest BCUT2D eigenvalue weighted by Crippen LogP contribution is 2.27. The molecule has 0 aromatic carbocycles. The molecule has 60 valence electrons. The lowest BCUT2D eigenvalue weighted by atomic mass is 10.0. The minimum Gasteiger partial charge on any atom is -0.212 e. The van der Waals surface area contributed by atoms with Gasteiger partial charge in [-0.3, -0.25) is 0 Å². The predicted octanol–water partition coefficient (Wildman–Crippen LogP) is 0.430. The van der Waals surface area contributed by atoms with Gasteiger partial charge in [-0.15, -0.1) is 0 Å². The molecule has 1 aliphatic rings. The summed E-state index contributed by atoms with van der Waals surface area (Å²) >= 11 is 0. The summed E-state index contributed by atoms with van der Waals surface area (Å²) in [7, 11) is 0.275. The van der Waals surface area contributed by atoms with Crippen LogP contribution in [-0.2, 0) is 10.0 Å². The Morgan fingerprint density at radius 2 is 1.80 bits per heavy atom. The molecule has 3 nitrogen and oxygen atoms in total. The van der Waals surface area contributed by atoms with Crippen LogP contribution in [0.25, 0.3) is 0 Å². The molecule has 0 bridgehead atoms. The molecule has 0 atom stereocenters. The second-order valence-corrected chi connectivity index (χ2v) is 5.31. The minimum absolute atomic E-state index is 0.0810. The van der Waals surface area contributed by atoms with Crippen LogP contribution in [0.3, 0.4) is 0 Å². The van der Waals surface area contributed by atoms with Crippen LogP contribution in [-0.4, -0.2) is 32.1 Å². The van der Waals surface area contributed by atoms with E-state index < -0.39 is 10.0 Å². The maximum Gasteiger partial charge on any atom is 0.216 e. The highest BCUT2D eigenvalue weighted by atomic mass is 32.2. The average Bonchev–Trinajstić information content (AvgIpc) is 1.57. The van der Waals surface area contributed by atoms with Crippen LogP contribution < -0.4 is 0 Å². The normalized spacial score (nSPS) is 21.1. The van der Waals surface area contributed by atoms with Crippen molar-refractivity contribution in [2.24, 2.45) is 0 Å². The van der Waals surface area contributed by atoms with Crippen molar-refractivity contribution in [1.82, 2.24) is 4.31 Å². The highest BCUT2D eigenvalue weighted by molar-refractivity contribution is 7.89. The van der Waals surface area contributed by atoms with Gasteiger partial charge in [0, 0.05) is 14.1 Å². The molecule has 1 saturated carbocycles. The van der Waals surface area contributed by atoms with E-state index in [1.54, 1.807) is 14.1 Å². The predicted molar refractivity (Wildman–Crippen MR) is 40.2 cm³/mol. The van der Waals surface area contributed by atoms with Gasteiger partial charge in [-0.25, -0.2) is 12.7 Å². The Balaban J connectivity index is 2.68.